The number of carbonyl (C=O) groups excluding carboxylic acids is 4. The quantitative estimate of drug-likeness (QED) is 0.0169. The summed E-state index contributed by atoms with van der Waals surface area (Å²) in [6, 6.07) is 0. The van der Waals surface area contributed by atoms with Gasteiger partial charge in [-0.25, -0.2) is 9.13 Å². The largest absolute Gasteiger partial charge is 0.472 e. The summed E-state index contributed by atoms with van der Waals surface area (Å²) >= 11 is 0. The Morgan fingerprint density at radius 2 is 0.500 bits per heavy atom. The van der Waals surface area contributed by atoms with Crippen LogP contribution in [0.3, 0.4) is 0 Å². The van der Waals surface area contributed by atoms with Crippen LogP contribution in [0.4, 0.5) is 0 Å². The lowest BCUT2D eigenvalue weighted by molar-refractivity contribution is -0.161. The molecule has 0 radical (unpaired) electrons. The van der Waals surface area contributed by atoms with Gasteiger partial charge in [-0.15, -0.1) is 0 Å². The smallest absolute Gasteiger partial charge is 0.462 e. The Balaban J connectivity index is 5.52. The molecule has 614 valence electrons. The zero-order valence-corrected chi connectivity index (χ0v) is 69.0. The number of aliphatic hydroxyl groups excluding tert-OH is 1. The molecule has 0 aromatic carbocycles. The van der Waals surface area contributed by atoms with Gasteiger partial charge in [0.05, 0.1) is 26.4 Å². The molecule has 0 bridgehead atoms. The molecular formula is C89H146O17P2. The first-order chi connectivity index (χ1) is 52.7. The highest BCUT2D eigenvalue weighted by atomic mass is 31.2. The van der Waals surface area contributed by atoms with Crippen molar-refractivity contribution in [3.8, 4) is 0 Å². The van der Waals surface area contributed by atoms with Crippen molar-refractivity contribution >= 4 is 39.5 Å². The number of unbranched alkanes of at least 4 members (excludes halogenated alkanes) is 22. The van der Waals surface area contributed by atoms with E-state index in [1.165, 1.54) is 57.8 Å². The summed E-state index contributed by atoms with van der Waals surface area (Å²) in [6.07, 6.45) is 94.8. The fourth-order valence-corrected chi connectivity index (χ4v) is 11.9. The number of carbonyl (C=O) groups is 4. The van der Waals surface area contributed by atoms with Crippen LogP contribution in [0.1, 0.15) is 310 Å². The fourth-order valence-electron chi connectivity index (χ4n) is 10.3. The summed E-state index contributed by atoms with van der Waals surface area (Å²) in [5, 5.41) is 10.7. The second kappa shape index (κ2) is 79.5. The number of ether oxygens (including phenoxy) is 4. The van der Waals surface area contributed by atoms with E-state index in [1.807, 2.05) is 18.2 Å². The van der Waals surface area contributed by atoms with Crippen LogP contribution in [0.25, 0.3) is 0 Å². The van der Waals surface area contributed by atoms with Crippen molar-refractivity contribution in [3.05, 3.63) is 170 Å². The monoisotopic (exact) mass is 1550 g/mol. The minimum atomic E-state index is -5.02. The van der Waals surface area contributed by atoms with E-state index < -0.39 is 97.5 Å². The number of allylic oxidation sites excluding steroid dienone is 28. The van der Waals surface area contributed by atoms with E-state index >= 15 is 0 Å². The topological polar surface area (TPSA) is 237 Å². The number of aliphatic hydroxyl groups is 1. The lowest BCUT2D eigenvalue weighted by Gasteiger charge is -2.21. The molecule has 0 spiro atoms. The number of phosphoric acid groups is 2. The number of esters is 4. The van der Waals surface area contributed by atoms with Gasteiger partial charge >= 0.3 is 39.5 Å². The average molecular weight is 1550 g/mol. The molecule has 0 saturated carbocycles. The highest BCUT2D eigenvalue weighted by Gasteiger charge is 2.30. The van der Waals surface area contributed by atoms with E-state index in [9.17, 15) is 43.2 Å². The average Bonchev–Trinajstić information content (AvgIpc) is 0.900. The van der Waals surface area contributed by atoms with Gasteiger partial charge in [0.2, 0.25) is 0 Å². The number of hydrogen-bond donors (Lipinski definition) is 3. The Hall–Kier alpha value is -5.58. The molecule has 3 N–H and O–H groups in total. The maximum Gasteiger partial charge on any atom is 0.472 e. The third-order valence-electron chi connectivity index (χ3n) is 16.6. The third-order valence-corrected chi connectivity index (χ3v) is 18.5. The van der Waals surface area contributed by atoms with Crippen molar-refractivity contribution in [1.82, 2.24) is 0 Å². The third kappa shape index (κ3) is 78.5. The van der Waals surface area contributed by atoms with Gasteiger partial charge < -0.3 is 33.8 Å². The van der Waals surface area contributed by atoms with Gasteiger partial charge in [-0.1, -0.05) is 281 Å². The van der Waals surface area contributed by atoms with E-state index in [4.69, 9.17) is 37.0 Å². The minimum Gasteiger partial charge on any atom is -0.462 e. The van der Waals surface area contributed by atoms with E-state index in [0.29, 0.717) is 32.1 Å². The SMILES string of the molecule is CC/C=C\C/C=C\C/C=C\C/C=C\C/C=C\CCCCCC(=O)O[C@H](COC(=O)CC/C=C\C/C=C\C/C=C\C/C=C\C/C=C\CCCCC)COP(=O)(O)OC[C@@H](O)COP(=O)(O)OC[C@@H](COC(=O)CCCCCCC/C=C\C/C=C\CCCCC)OC(=O)CCCCCCC/C=C\C/C=C\CCCCC. The molecule has 0 aliphatic heterocycles. The van der Waals surface area contributed by atoms with Crippen LogP contribution in [0.15, 0.2) is 170 Å². The zero-order valence-electron chi connectivity index (χ0n) is 67.2. The predicted molar refractivity (Wildman–Crippen MR) is 445 cm³/mol. The molecule has 0 fully saturated rings. The Labute approximate surface area is 654 Å². The molecule has 19 heteroatoms. The number of hydrogen-bond acceptors (Lipinski definition) is 15. The van der Waals surface area contributed by atoms with E-state index in [0.717, 1.165) is 167 Å². The summed E-state index contributed by atoms with van der Waals surface area (Å²) < 4.78 is 68.6. The molecule has 17 nitrogen and oxygen atoms in total. The highest BCUT2D eigenvalue weighted by molar-refractivity contribution is 7.47. The van der Waals surface area contributed by atoms with Gasteiger partial charge in [0.15, 0.2) is 12.2 Å². The highest BCUT2D eigenvalue weighted by Crippen LogP contribution is 2.45. The molecule has 0 aromatic heterocycles. The summed E-state index contributed by atoms with van der Waals surface area (Å²) in [5.41, 5.74) is 0. The summed E-state index contributed by atoms with van der Waals surface area (Å²) in [4.78, 5) is 73.1. The molecule has 108 heavy (non-hydrogen) atoms. The van der Waals surface area contributed by atoms with Crippen molar-refractivity contribution in [2.75, 3.05) is 39.6 Å². The standard InChI is InChI=1S/C89H146O17P2/c1-5-9-13-17-21-25-29-33-37-39-41-43-47-50-54-58-62-66-70-74-87(92)100-80-85(106-89(94)76-72-68-64-60-56-52-48-44-42-40-38-34-30-26-22-18-14-10-6-2)82-104-108(97,98)102-78-83(90)77-101-107(95,96)103-81-84(105-88(93)75-71-67-63-59-55-51-46-36-32-28-24-20-16-12-8-4)79-99-86(91)73-69-65-61-57-53-49-45-35-31-27-23-19-15-11-7-3/h10,14,21-28,33-38,41-46,50,52,54,56,62,66,83-85,90H,5-9,11-13,15-20,29-32,39-40,47-49,51,53,55,57-61,63-65,67-82H2,1-4H3,(H,95,96)(H,97,98)/b14-10-,25-21-,26-22-,27-23-,28-24-,37-33-,38-34-,43-41-,44-42-,45-35-,46-36-,54-50-,56-52-,66-62-/t83-,84+,85+/m0/s1. The Kier molecular flexibility index (Phi) is 75.4. The maximum absolute atomic E-state index is 13.1. The molecule has 0 aliphatic rings. The normalized spacial score (nSPS) is 14.7. The van der Waals surface area contributed by atoms with Crippen LogP contribution in [0.5, 0.6) is 0 Å². The molecule has 2 unspecified atom stereocenters. The molecule has 0 aromatic rings. The number of rotatable bonds is 76. The van der Waals surface area contributed by atoms with Crippen molar-refractivity contribution < 1.29 is 80.2 Å². The van der Waals surface area contributed by atoms with E-state index in [2.05, 4.69) is 180 Å². The Morgan fingerprint density at radius 3 is 0.806 bits per heavy atom. The van der Waals surface area contributed by atoms with Gasteiger partial charge in [-0.3, -0.25) is 37.3 Å². The second-order valence-electron chi connectivity index (χ2n) is 27.0. The van der Waals surface area contributed by atoms with Crippen LogP contribution < -0.4 is 0 Å². The zero-order chi connectivity index (χ0) is 78.9. The van der Waals surface area contributed by atoms with Gasteiger partial charge in [0, 0.05) is 25.7 Å². The van der Waals surface area contributed by atoms with Gasteiger partial charge in [-0.05, 0) is 173 Å². The second-order valence-corrected chi connectivity index (χ2v) is 29.9. The molecule has 0 aliphatic carbocycles. The lowest BCUT2D eigenvalue weighted by atomic mass is 10.1. The maximum atomic E-state index is 13.1. The van der Waals surface area contributed by atoms with Crippen LogP contribution in [0, 0.1) is 0 Å². The van der Waals surface area contributed by atoms with Crippen molar-refractivity contribution in [1.29, 1.82) is 0 Å². The molecule has 0 amide bonds. The van der Waals surface area contributed by atoms with Crippen molar-refractivity contribution in [2.24, 2.45) is 0 Å². The van der Waals surface area contributed by atoms with Crippen molar-refractivity contribution in [3.63, 3.8) is 0 Å². The Bertz CT molecular complexity index is 2710. The minimum absolute atomic E-state index is 0.0237. The predicted octanol–water partition coefficient (Wildman–Crippen LogP) is 24.6. The first-order valence-electron chi connectivity index (χ1n) is 41.4. The van der Waals surface area contributed by atoms with Crippen LogP contribution in [0.2, 0.25) is 0 Å². The Morgan fingerprint density at radius 1 is 0.269 bits per heavy atom. The van der Waals surface area contributed by atoms with Crippen molar-refractivity contribution in [2.45, 2.75) is 329 Å². The molecule has 0 rings (SSSR count). The number of phosphoric ester groups is 2. The van der Waals surface area contributed by atoms with Gasteiger partial charge in [0.25, 0.3) is 0 Å². The van der Waals surface area contributed by atoms with Crippen LogP contribution >= 0.6 is 15.6 Å². The van der Waals surface area contributed by atoms with Gasteiger partial charge in [0.1, 0.15) is 19.3 Å². The molecule has 5 atom stereocenters. The van der Waals surface area contributed by atoms with Crippen LogP contribution in [-0.4, -0.2) is 96.7 Å². The van der Waals surface area contributed by atoms with Crippen LogP contribution in [-0.2, 0) is 65.4 Å². The summed E-state index contributed by atoms with van der Waals surface area (Å²) in [6.45, 7) is 4.52. The van der Waals surface area contributed by atoms with E-state index in [1.54, 1.807) is 0 Å². The fraction of sp³-hybridized carbons (Fsp3) is 0.640. The summed E-state index contributed by atoms with van der Waals surface area (Å²) in [7, 11) is -10.0. The first-order valence-corrected chi connectivity index (χ1v) is 44.4. The first kappa shape index (κ1) is 102. The molecular weight excluding hydrogens is 1400 g/mol. The van der Waals surface area contributed by atoms with E-state index in [-0.39, 0.29) is 25.7 Å². The lowest BCUT2D eigenvalue weighted by Crippen LogP contribution is -2.30. The summed E-state index contributed by atoms with van der Waals surface area (Å²) in [5.74, 6) is -2.35. The molecule has 0 saturated heterocycles. The van der Waals surface area contributed by atoms with Gasteiger partial charge in [-0.2, -0.15) is 0 Å². The molecule has 0 heterocycles.